The van der Waals surface area contributed by atoms with E-state index in [0.717, 1.165) is 5.56 Å². The summed E-state index contributed by atoms with van der Waals surface area (Å²) in [6.45, 7) is 5.20. The molecule has 9 heteroatoms. The number of nitrogens with zero attached hydrogens (tertiary/aromatic N) is 4. The van der Waals surface area contributed by atoms with E-state index in [1.54, 1.807) is 17.0 Å². The van der Waals surface area contributed by atoms with Gasteiger partial charge in [0.05, 0.1) is 4.90 Å². The van der Waals surface area contributed by atoms with Crippen molar-refractivity contribution in [1.29, 1.82) is 0 Å². The molecule has 2 amide bonds. The predicted molar refractivity (Wildman–Crippen MR) is 105 cm³/mol. The van der Waals surface area contributed by atoms with Crippen LogP contribution in [0.2, 0.25) is 0 Å². The topological polar surface area (TPSA) is 90.4 Å². The van der Waals surface area contributed by atoms with Crippen molar-refractivity contribution in [2.24, 2.45) is 5.10 Å². The van der Waals surface area contributed by atoms with Crippen LogP contribution in [0.4, 0.5) is 0 Å². The lowest BCUT2D eigenvalue weighted by Crippen LogP contribution is -2.52. The Bertz CT molecular complexity index is 885. The van der Waals surface area contributed by atoms with Crippen LogP contribution in [0.3, 0.4) is 0 Å². The predicted octanol–water partition coefficient (Wildman–Crippen LogP) is 1.25. The van der Waals surface area contributed by atoms with Crippen LogP contribution in [0.1, 0.15) is 38.2 Å². The molecule has 2 aliphatic rings. The molecule has 2 heterocycles. The average Bonchev–Trinajstić information content (AvgIpc) is 2.69. The highest BCUT2D eigenvalue weighted by molar-refractivity contribution is 7.89. The number of amides is 2. The lowest BCUT2D eigenvalue weighted by atomic mass is 10.0. The number of sulfonamides is 1. The maximum atomic E-state index is 12.9. The lowest BCUT2D eigenvalue weighted by Gasteiger charge is -2.34. The van der Waals surface area contributed by atoms with Crippen LogP contribution in [0.15, 0.2) is 34.3 Å². The molecule has 1 aromatic rings. The summed E-state index contributed by atoms with van der Waals surface area (Å²) in [5.74, 6) is -0.00279. The summed E-state index contributed by atoms with van der Waals surface area (Å²) in [6.07, 6.45) is 0.588. The maximum absolute atomic E-state index is 12.9. The zero-order valence-electron chi connectivity index (χ0n) is 16.5. The van der Waals surface area contributed by atoms with Crippen LogP contribution in [-0.2, 0) is 19.6 Å². The molecule has 1 fully saturated rings. The number of carbonyl (C=O) groups excluding carboxylic acids is 2. The van der Waals surface area contributed by atoms with Gasteiger partial charge in [0.2, 0.25) is 15.9 Å². The lowest BCUT2D eigenvalue weighted by molar-refractivity contribution is -0.130. The van der Waals surface area contributed by atoms with Gasteiger partial charge >= 0.3 is 0 Å². The Hall–Kier alpha value is -2.26. The van der Waals surface area contributed by atoms with Gasteiger partial charge in [-0.25, -0.2) is 13.4 Å². The number of hydrogen-bond donors (Lipinski definition) is 0. The average molecular weight is 407 g/mol. The van der Waals surface area contributed by atoms with Gasteiger partial charge < -0.3 is 4.90 Å². The molecular weight excluding hydrogens is 380 g/mol. The second kappa shape index (κ2) is 8.00. The second-order valence-electron chi connectivity index (χ2n) is 7.38. The molecule has 3 rings (SSSR count). The summed E-state index contributed by atoms with van der Waals surface area (Å²) in [5, 5.41) is 5.25. The van der Waals surface area contributed by atoms with Crippen molar-refractivity contribution in [3.05, 3.63) is 29.8 Å². The van der Waals surface area contributed by atoms with E-state index in [1.807, 2.05) is 12.1 Å². The van der Waals surface area contributed by atoms with Crippen LogP contribution < -0.4 is 0 Å². The first kappa shape index (κ1) is 20.5. The van der Waals surface area contributed by atoms with Crippen LogP contribution in [-0.4, -0.2) is 73.4 Å². The monoisotopic (exact) mass is 406 g/mol. The van der Waals surface area contributed by atoms with Gasteiger partial charge in [0.25, 0.3) is 5.91 Å². The Morgan fingerprint density at radius 3 is 2.18 bits per heavy atom. The molecular formula is C19H26N4O4S. The van der Waals surface area contributed by atoms with Crippen molar-refractivity contribution in [3.8, 4) is 0 Å². The summed E-state index contributed by atoms with van der Waals surface area (Å²) in [5.41, 5.74) is 1.44. The highest BCUT2D eigenvalue weighted by atomic mass is 32.2. The molecule has 0 aromatic heterocycles. The summed E-state index contributed by atoms with van der Waals surface area (Å²) in [6, 6.07) is 6.98. The van der Waals surface area contributed by atoms with Crippen molar-refractivity contribution in [2.75, 3.05) is 33.2 Å². The highest BCUT2D eigenvalue weighted by Crippen LogP contribution is 2.21. The first-order valence-electron chi connectivity index (χ1n) is 9.43. The van der Waals surface area contributed by atoms with E-state index in [1.165, 1.54) is 16.4 Å². The van der Waals surface area contributed by atoms with E-state index in [-0.39, 0.29) is 36.2 Å². The Morgan fingerprint density at radius 2 is 1.64 bits per heavy atom. The molecule has 28 heavy (non-hydrogen) atoms. The molecule has 8 nitrogen and oxygen atoms in total. The van der Waals surface area contributed by atoms with Crippen LogP contribution >= 0.6 is 0 Å². The minimum atomic E-state index is -3.58. The van der Waals surface area contributed by atoms with Crippen molar-refractivity contribution < 1.29 is 18.0 Å². The van der Waals surface area contributed by atoms with Crippen molar-refractivity contribution in [3.63, 3.8) is 0 Å². The van der Waals surface area contributed by atoms with Crippen molar-refractivity contribution in [1.82, 2.24) is 14.2 Å². The summed E-state index contributed by atoms with van der Waals surface area (Å²) in [4.78, 5) is 26.0. The van der Waals surface area contributed by atoms with Gasteiger partial charge in [-0.1, -0.05) is 26.0 Å². The van der Waals surface area contributed by atoms with Gasteiger partial charge in [-0.3, -0.25) is 9.59 Å². The van der Waals surface area contributed by atoms with Gasteiger partial charge in [-0.2, -0.15) is 9.41 Å². The quantitative estimate of drug-likeness (QED) is 0.753. The number of piperazine rings is 1. The number of carbonyl (C=O) groups is 2. The van der Waals surface area contributed by atoms with Crippen LogP contribution in [0, 0.1) is 0 Å². The highest BCUT2D eigenvalue weighted by Gasteiger charge is 2.32. The standard InChI is InChI=1S/C19H26N4O4S/c1-14(2)15-4-6-16(7-5-15)28(26,27)23-12-10-22(11-13-23)19(25)17-8-9-18(24)21(3)20-17/h4-7,14H,8-13H2,1-3H3. The van der Waals surface area contributed by atoms with Crippen molar-refractivity contribution >= 4 is 27.5 Å². The smallest absolute Gasteiger partial charge is 0.270 e. The van der Waals surface area contributed by atoms with Gasteiger partial charge in [-0.05, 0) is 23.6 Å². The summed E-state index contributed by atoms with van der Waals surface area (Å²) >= 11 is 0. The second-order valence-corrected chi connectivity index (χ2v) is 9.32. The first-order chi connectivity index (χ1) is 13.2. The van der Waals surface area contributed by atoms with E-state index in [0.29, 0.717) is 31.1 Å². The fourth-order valence-corrected chi connectivity index (χ4v) is 4.73. The SMILES string of the molecule is CC(C)c1ccc(S(=O)(=O)N2CCN(C(=O)C3=NN(C)C(=O)CC3)CC2)cc1. The zero-order chi connectivity index (χ0) is 20.5. The molecule has 0 unspecified atom stereocenters. The fourth-order valence-electron chi connectivity index (χ4n) is 3.31. The number of hydrogen-bond acceptors (Lipinski definition) is 5. The molecule has 1 saturated heterocycles. The minimum Gasteiger partial charge on any atom is -0.335 e. The largest absolute Gasteiger partial charge is 0.335 e. The summed E-state index contributed by atoms with van der Waals surface area (Å²) in [7, 11) is -2.05. The molecule has 0 atom stereocenters. The molecule has 0 radical (unpaired) electrons. The van der Waals surface area contributed by atoms with Crippen LogP contribution in [0.5, 0.6) is 0 Å². The van der Waals surface area contributed by atoms with Gasteiger partial charge in [-0.15, -0.1) is 0 Å². The van der Waals surface area contributed by atoms with Gasteiger partial charge in [0.15, 0.2) is 0 Å². The molecule has 0 spiro atoms. The molecule has 1 aromatic carbocycles. The Balaban J connectivity index is 1.65. The molecule has 0 bridgehead atoms. The first-order valence-corrected chi connectivity index (χ1v) is 10.9. The third-order valence-electron chi connectivity index (χ3n) is 5.16. The zero-order valence-corrected chi connectivity index (χ0v) is 17.3. The van der Waals surface area contributed by atoms with E-state index in [4.69, 9.17) is 0 Å². The third-order valence-corrected chi connectivity index (χ3v) is 7.08. The fraction of sp³-hybridized carbons (Fsp3) is 0.526. The normalized spacial score (nSPS) is 19.1. The molecule has 0 saturated carbocycles. The minimum absolute atomic E-state index is 0.115. The molecule has 0 N–H and O–H groups in total. The summed E-state index contributed by atoms with van der Waals surface area (Å²) < 4.78 is 27.2. The Kier molecular flexibility index (Phi) is 5.85. The Labute approximate surface area is 165 Å². The third kappa shape index (κ3) is 4.10. The molecule has 152 valence electrons. The van der Waals surface area contributed by atoms with Gasteiger partial charge in [0.1, 0.15) is 5.71 Å². The number of benzene rings is 1. The number of rotatable bonds is 4. The Morgan fingerprint density at radius 1 is 1.04 bits per heavy atom. The van der Waals surface area contributed by atoms with E-state index < -0.39 is 10.0 Å². The molecule has 2 aliphatic heterocycles. The van der Waals surface area contributed by atoms with Crippen molar-refractivity contribution in [2.45, 2.75) is 37.5 Å². The van der Waals surface area contributed by atoms with E-state index in [9.17, 15) is 18.0 Å². The van der Waals surface area contributed by atoms with E-state index in [2.05, 4.69) is 18.9 Å². The van der Waals surface area contributed by atoms with Crippen LogP contribution in [0.25, 0.3) is 0 Å². The maximum Gasteiger partial charge on any atom is 0.270 e. The van der Waals surface area contributed by atoms with Gasteiger partial charge in [0, 0.05) is 46.1 Å². The molecule has 0 aliphatic carbocycles. The van der Waals surface area contributed by atoms with E-state index >= 15 is 0 Å². The number of hydrazone groups is 1.